The first-order valence-corrected chi connectivity index (χ1v) is 7.09. The van der Waals surface area contributed by atoms with Gasteiger partial charge in [-0.25, -0.2) is 0 Å². The maximum absolute atomic E-state index is 10.4. The maximum Gasteiger partial charge on any atom is 0.0774 e. The lowest BCUT2D eigenvalue weighted by Gasteiger charge is -2.35. The van der Waals surface area contributed by atoms with E-state index < -0.39 is 5.60 Å². The van der Waals surface area contributed by atoms with Gasteiger partial charge in [0.1, 0.15) is 0 Å². The Labute approximate surface area is 101 Å². The molecule has 0 bridgehead atoms. The zero-order valence-corrected chi connectivity index (χ0v) is 11.1. The topological polar surface area (TPSA) is 32.3 Å². The quantitative estimate of drug-likeness (QED) is 0.655. The first-order valence-electron chi connectivity index (χ1n) is 7.09. The molecule has 0 aliphatic heterocycles. The fraction of sp³-hybridized carbons (Fsp3) is 1.00. The Bertz CT molecular complexity index is 184. The van der Waals surface area contributed by atoms with Gasteiger partial charge >= 0.3 is 0 Å². The molecule has 2 heteroatoms. The fourth-order valence-electron chi connectivity index (χ4n) is 2.79. The van der Waals surface area contributed by atoms with Crippen LogP contribution < -0.4 is 5.32 Å². The summed E-state index contributed by atoms with van der Waals surface area (Å²) in [5.41, 5.74) is -0.414. The Morgan fingerprint density at radius 3 is 2.81 bits per heavy atom. The molecule has 1 rings (SSSR count). The second-order valence-electron chi connectivity index (χ2n) is 5.66. The summed E-state index contributed by atoms with van der Waals surface area (Å²) in [5.74, 6) is 0.695. The SMILES string of the molecule is CCCCCCNCC1(O)CCCC(C)C1. The molecular formula is C14H29NO. The van der Waals surface area contributed by atoms with E-state index in [2.05, 4.69) is 19.2 Å². The number of unbranched alkanes of at least 4 members (excludes halogenated alkanes) is 3. The maximum atomic E-state index is 10.4. The van der Waals surface area contributed by atoms with Gasteiger partial charge < -0.3 is 10.4 Å². The van der Waals surface area contributed by atoms with Crippen LogP contribution in [0, 0.1) is 5.92 Å². The average molecular weight is 227 g/mol. The van der Waals surface area contributed by atoms with Crippen LogP contribution in [0.15, 0.2) is 0 Å². The molecule has 0 radical (unpaired) electrons. The van der Waals surface area contributed by atoms with Crippen molar-refractivity contribution in [2.45, 2.75) is 70.8 Å². The van der Waals surface area contributed by atoms with Crippen LogP contribution in [0.3, 0.4) is 0 Å². The van der Waals surface area contributed by atoms with Crippen LogP contribution in [0.2, 0.25) is 0 Å². The molecule has 0 saturated heterocycles. The summed E-state index contributed by atoms with van der Waals surface area (Å²) >= 11 is 0. The molecule has 0 aromatic rings. The molecule has 96 valence electrons. The molecule has 0 amide bonds. The molecule has 1 fully saturated rings. The second kappa shape index (κ2) is 7.29. The molecule has 2 unspecified atom stereocenters. The summed E-state index contributed by atoms with van der Waals surface area (Å²) in [6.45, 7) is 6.35. The molecular weight excluding hydrogens is 198 g/mol. The lowest BCUT2D eigenvalue weighted by Crippen LogP contribution is -2.44. The normalized spacial score (nSPS) is 30.6. The standard InChI is InChI=1S/C14H29NO/c1-3-4-5-6-10-15-12-14(16)9-7-8-13(2)11-14/h13,15-16H,3-12H2,1-2H3. The van der Waals surface area contributed by atoms with Crippen molar-refractivity contribution in [3.05, 3.63) is 0 Å². The number of nitrogens with one attached hydrogen (secondary N) is 1. The van der Waals surface area contributed by atoms with E-state index in [1.807, 2.05) is 0 Å². The van der Waals surface area contributed by atoms with Crippen LogP contribution in [0.5, 0.6) is 0 Å². The van der Waals surface area contributed by atoms with Crippen LogP contribution in [-0.4, -0.2) is 23.8 Å². The molecule has 2 N–H and O–H groups in total. The molecule has 16 heavy (non-hydrogen) atoms. The van der Waals surface area contributed by atoms with Crippen LogP contribution in [0.4, 0.5) is 0 Å². The van der Waals surface area contributed by atoms with E-state index in [1.54, 1.807) is 0 Å². The lowest BCUT2D eigenvalue weighted by molar-refractivity contribution is -0.0115. The van der Waals surface area contributed by atoms with Gasteiger partial charge in [-0.15, -0.1) is 0 Å². The molecule has 0 heterocycles. The highest BCUT2D eigenvalue weighted by Crippen LogP contribution is 2.31. The summed E-state index contributed by atoms with van der Waals surface area (Å²) in [7, 11) is 0. The third-order valence-electron chi connectivity index (χ3n) is 3.73. The van der Waals surface area contributed by atoms with Crippen molar-refractivity contribution in [3.63, 3.8) is 0 Å². The largest absolute Gasteiger partial charge is 0.389 e. The summed E-state index contributed by atoms with van der Waals surface area (Å²) in [4.78, 5) is 0. The van der Waals surface area contributed by atoms with E-state index >= 15 is 0 Å². The van der Waals surface area contributed by atoms with Gasteiger partial charge in [-0.1, -0.05) is 46.0 Å². The molecule has 1 aliphatic carbocycles. The van der Waals surface area contributed by atoms with Gasteiger partial charge in [-0.2, -0.15) is 0 Å². The van der Waals surface area contributed by atoms with Gasteiger partial charge in [0.2, 0.25) is 0 Å². The smallest absolute Gasteiger partial charge is 0.0774 e. The van der Waals surface area contributed by atoms with Gasteiger partial charge in [0.25, 0.3) is 0 Å². The van der Waals surface area contributed by atoms with E-state index in [4.69, 9.17) is 0 Å². The molecule has 0 spiro atoms. The third-order valence-corrected chi connectivity index (χ3v) is 3.73. The predicted molar refractivity (Wildman–Crippen MR) is 69.6 cm³/mol. The molecule has 1 aliphatic rings. The minimum absolute atomic E-state index is 0.414. The van der Waals surface area contributed by atoms with E-state index in [0.717, 1.165) is 25.9 Å². The van der Waals surface area contributed by atoms with Crippen molar-refractivity contribution in [1.82, 2.24) is 5.32 Å². The average Bonchev–Trinajstić information content (AvgIpc) is 2.23. The van der Waals surface area contributed by atoms with Crippen molar-refractivity contribution in [2.24, 2.45) is 5.92 Å². The van der Waals surface area contributed by atoms with Crippen LogP contribution in [-0.2, 0) is 0 Å². The van der Waals surface area contributed by atoms with E-state index in [-0.39, 0.29) is 0 Å². The molecule has 0 aromatic heterocycles. The van der Waals surface area contributed by atoms with Gasteiger partial charge in [0.05, 0.1) is 5.60 Å². The first-order chi connectivity index (χ1) is 7.66. The van der Waals surface area contributed by atoms with Gasteiger partial charge in [-0.3, -0.25) is 0 Å². The Kier molecular flexibility index (Phi) is 6.37. The van der Waals surface area contributed by atoms with Crippen LogP contribution >= 0.6 is 0 Å². The lowest BCUT2D eigenvalue weighted by atomic mass is 9.79. The Morgan fingerprint density at radius 2 is 2.12 bits per heavy atom. The number of rotatable bonds is 7. The zero-order valence-electron chi connectivity index (χ0n) is 11.1. The monoisotopic (exact) mass is 227 g/mol. The molecule has 2 nitrogen and oxygen atoms in total. The van der Waals surface area contributed by atoms with Gasteiger partial charge in [-0.05, 0) is 31.7 Å². The fourth-order valence-corrected chi connectivity index (χ4v) is 2.79. The van der Waals surface area contributed by atoms with E-state index in [1.165, 1.54) is 38.5 Å². The second-order valence-corrected chi connectivity index (χ2v) is 5.66. The summed E-state index contributed by atoms with van der Waals surface area (Å²) in [6, 6.07) is 0. The zero-order chi connectivity index (χ0) is 11.9. The van der Waals surface area contributed by atoms with Crippen molar-refractivity contribution in [2.75, 3.05) is 13.1 Å². The highest BCUT2D eigenvalue weighted by atomic mass is 16.3. The van der Waals surface area contributed by atoms with Gasteiger partial charge in [0, 0.05) is 6.54 Å². The summed E-state index contributed by atoms with van der Waals surface area (Å²) in [6.07, 6.45) is 9.64. The Balaban J connectivity index is 2.06. The first kappa shape index (κ1) is 14.0. The minimum atomic E-state index is -0.414. The third kappa shape index (κ3) is 5.31. The van der Waals surface area contributed by atoms with Crippen LogP contribution in [0.25, 0.3) is 0 Å². The number of aliphatic hydroxyl groups is 1. The Hall–Kier alpha value is -0.0800. The van der Waals surface area contributed by atoms with Gasteiger partial charge in [0.15, 0.2) is 0 Å². The Morgan fingerprint density at radius 1 is 1.31 bits per heavy atom. The molecule has 2 atom stereocenters. The van der Waals surface area contributed by atoms with E-state index in [9.17, 15) is 5.11 Å². The summed E-state index contributed by atoms with van der Waals surface area (Å²) < 4.78 is 0. The molecule has 1 saturated carbocycles. The van der Waals surface area contributed by atoms with Crippen molar-refractivity contribution >= 4 is 0 Å². The number of hydrogen-bond acceptors (Lipinski definition) is 2. The van der Waals surface area contributed by atoms with Crippen molar-refractivity contribution < 1.29 is 5.11 Å². The highest BCUT2D eigenvalue weighted by molar-refractivity contribution is 4.86. The van der Waals surface area contributed by atoms with Crippen LogP contribution in [0.1, 0.15) is 65.2 Å². The van der Waals surface area contributed by atoms with Crippen molar-refractivity contribution in [3.8, 4) is 0 Å². The number of hydrogen-bond donors (Lipinski definition) is 2. The molecule has 0 aromatic carbocycles. The summed E-state index contributed by atoms with van der Waals surface area (Å²) in [5, 5.41) is 13.8. The highest BCUT2D eigenvalue weighted by Gasteiger charge is 2.31. The minimum Gasteiger partial charge on any atom is -0.389 e. The predicted octanol–water partition coefficient (Wildman–Crippen LogP) is 3.10. The van der Waals surface area contributed by atoms with Crippen molar-refractivity contribution in [1.29, 1.82) is 0 Å². The van der Waals surface area contributed by atoms with E-state index in [0.29, 0.717) is 5.92 Å².